The molecule has 0 unspecified atom stereocenters. The third kappa shape index (κ3) is 4.65. The van der Waals surface area contributed by atoms with Crippen LogP contribution in [0.2, 0.25) is 0 Å². The van der Waals surface area contributed by atoms with Crippen LogP contribution in [0.25, 0.3) is 21.5 Å². The van der Waals surface area contributed by atoms with E-state index < -0.39 is 0 Å². The summed E-state index contributed by atoms with van der Waals surface area (Å²) in [6, 6.07) is 10.2. The number of hydrogen-bond donors (Lipinski definition) is 2. The Morgan fingerprint density at radius 3 is 2.87 bits per heavy atom. The number of benzene rings is 2. The quantitative estimate of drug-likeness (QED) is 0.443. The number of anilines is 2. The van der Waals surface area contributed by atoms with E-state index in [-0.39, 0.29) is 5.82 Å². The van der Waals surface area contributed by atoms with Crippen LogP contribution >= 0.6 is 11.3 Å². The summed E-state index contributed by atoms with van der Waals surface area (Å²) < 4.78 is 19.8. The predicted octanol–water partition coefficient (Wildman–Crippen LogP) is 5.01. The fourth-order valence-electron chi connectivity index (χ4n) is 3.71. The van der Waals surface area contributed by atoms with E-state index in [1.165, 1.54) is 12.1 Å². The zero-order valence-corrected chi connectivity index (χ0v) is 17.7. The summed E-state index contributed by atoms with van der Waals surface area (Å²) in [5.74, 6) is 1.41. The number of piperidine rings is 1. The fraction of sp³-hybridized carbons (Fsp3) is 0.261. The summed E-state index contributed by atoms with van der Waals surface area (Å²) in [6.07, 6.45) is 5.79. The molecule has 0 aliphatic carbocycles. The van der Waals surface area contributed by atoms with Crippen molar-refractivity contribution in [2.24, 2.45) is 5.92 Å². The second-order valence-electron chi connectivity index (χ2n) is 7.58. The Morgan fingerprint density at radius 2 is 2.06 bits per heavy atom. The molecular formula is C23H22FN5OS. The zero-order chi connectivity index (χ0) is 21.0. The molecule has 0 radical (unpaired) electrons. The van der Waals surface area contributed by atoms with E-state index >= 15 is 0 Å². The Morgan fingerprint density at radius 1 is 1.16 bits per heavy atom. The Labute approximate surface area is 183 Å². The first kappa shape index (κ1) is 19.8. The van der Waals surface area contributed by atoms with Gasteiger partial charge in [-0.1, -0.05) is 6.07 Å². The van der Waals surface area contributed by atoms with Crippen LogP contribution in [0.1, 0.15) is 12.8 Å². The van der Waals surface area contributed by atoms with Crippen LogP contribution in [0.5, 0.6) is 5.75 Å². The van der Waals surface area contributed by atoms with Crippen molar-refractivity contribution < 1.29 is 9.13 Å². The van der Waals surface area contributed by atoms with Gasteiger partial charge in [0.25, 0.3) is 0 Å². The van der Waals surface area contributed by atoms with Crippen LogP contribution in [0, 0.1) is 11.7 Å². The molecule has 1 saturated heterocycles. The van der Waals surface area contributed by atoms with E-state index in [1.807, 2.05) is 17.5 Å². The van der Waals surface area contributed by atoms with Crippen molar-refractivity contribution in [2.75, 3.05) is 25.0 Å². The monoisotopic (exact) mass is 435 g/mol. The lowest BCUT2D eigenvalue weighted by Crippen LogP contribution is -2.30. The average molecular weight is 436 g/mol. The highest BCUT2D eigenvalue weighted by molar-refractivity contribution is 7.13. The number of thiazole rings is 1. The van der Waals surface area contributed by atoms with Crippen molar-refractivity contribution >= 4 is 33.9 Å². The van der Waals surface area contributed by atoms with E-state index in [0.717, 1.165) is 53.2 Å². The third-order valence-electron chi connectivity index (χ3n) is 5.36. The number of halogens is 1. The van der Waals surface area contributed by atoms with E-state index in [9.17, 15) is 4.39 Å². The first-order valence-electron chi connectivity index (χ1n) is 10.3. The van der Waals surface area contributed by atoms with Crippen LogP contribution in [0.4, 0.5) is 16.0 Å². The molecule has 0 spiro atoms. The van der Waals surface area contributed by atoms with Crippen LogP contribution < -0.4 is 15.4 Å². The molecule has 0 atom stereocenters. The van der Waals surface area contributed by atoms with Crippen molar-refractivity contribution in [2.45, 2.75) is 12.8 Å². The Bertz CT molecular complexity index is 1180. The highest BCUT2D eigenvalue weighted by Gasteiger charge is 2.17. The largest absolute Gasteiger partial charge is 0.492 e. The Balaban J connectivity index is 1.46. The molecule has 8 heteroatoms. The van der Waals surface area contributed by atoms with Crippen molar-refractivity contribution in [1.29, 1.82) is 0 Å². The van der Waals surface area contributed by atoms with Gasteiger partial charge in [0.1, 0.15) is 16.6 Å². The minimum absolute atomic E-state index is 0.313. The average Bonchev–Trinajstić information content (AvgIpc) is 3.32. The van der Waals surface area contributed by atoms with Gasteiger partial charge in [0.2, 0.25) is 5.95 Å². The zero-order valence-electron chi connectivity index (χ0n) is 16.8. The molecule has 2 aromatic carbocycles. The molecule has 1 aliphatic heterocycles. The van der Waals surface area contributed by atoms with Gasteiger partial charge in [-0.05, 0) is 56.1 Å². The van der Waals surface area contributed by atoms with Gasteiger partial charge in [0.05, 0.1) is 17.7 Å². The predicted molar refractivity (Wildman–Crippen MR) is 121 cm³/mol. The number of nitrogens with one attached hydrogen (secondary N) is 2. The van der Waals surface area contributed by atoms with Gasteiger partial charge in [-0.3, -0.25) is 0 Å². The summed E-state index contributed by atoms with van der Waals surface area (Å²) in [6.45, 7) is 2.74. The number of nitrogens with zero attached hydrogens (tertiary/aromatic N) is 3. The first-order valence-corrected chi connectivity index (χ1v) is 11.2. The Kier molecular flexibility index (Phi) is 5.73. The van der Waals surface area contributed by atoms with E-state index in [4.69, 9.17) is 4.74 Å². The van der Waals surface area contributed by atoms with Crippen LogP contribution in [0.3, 0.4) is 0 Å². The van der Waals surface area contributed by atoms with Gasteiger partial charge in [0.15, 0.2) is 0 Å². The molecular weight excluding hydrogens is 413 g/mol. The number of hydrogen-bond acceptors (Lipinski definition) is 7. The summed E-state index contributed by atoms with van der Waals surface area (Å²) in [4.78, 5) is 13.5. The van der Waals surface area contributed by atoms with E-state index in [0.29, 0.717) is 24.2 Å². The van der Waals surface area contributed by atoms with Gasteiger partial charge in [-0.15, -0.1) is 11.3 Å². The van der Waals surface area contributed by atoms with Crippen LogP contribution in [0.15, 0.2) is 54.2 Å². The van der Waals surface area contributed by atoms with Crippen molar-refractivity contribution in [3.05, 3.63) is 60.0 Å². The van der Waals surface area contributed by atoms with E-state index in [2.05, 4.69) is 25.6 Å². The molecule has 1 aliphatic rings. The molecule has 1 fully saturated rings. The van der Waals surface area contributed by atoms with Gasteiger partial charge < -0.3 is 15.4 Å². The van der Waals surface area contributed by atoms with Crippen molar-refractivity contribution in [3.8, 4) is 16.3 Å². The smallest absolute Gasteiger partial charge is 0.227 e. The number of aromatic nitrogens is 3. The topological polar surface area (TPSA) is 72.0 Å². The van der Waals surface area contributed by atoms with Crippen LogP contribution in [-0.2, 0) is 0 Å². The second-order valence-corrected chi connectivity index (χ2v) is 8.47. The third-order valence-corrected chi connectivity index (χ3v) is 6.16. The molecule has 31 heavy (non-hydrogen) atoms. The lowest BCUT2D eigenvalue weighted by Gasteiger charge is -2.23. The standard InChI is InChI=1S/C23H22FN5OS/c24-17-2-1-3-18(11-17)28-23-27-13-16-10-19(22-26-8-9-31-22)21(12-20(16)29-23)30-14-15-4-6-25-7-5-15/h1-3,8-13,15,25H,4-7,14H2,(H,27,28,29). The molecule has 158 valence electrons. The Hall–Kier alpha value is -3.10. The minimum Gasteiger partial charge on any atom is -0.492 e. The summed E-state index contributed by atoms with van der Waals surface area (Å²) in [5, 5.41) is 10.2. The molecule has 5 rings (SSSR count). The summed E-state index contributed by atoms with van der Waals surface area (Å²) in [7, 11) is 0. The normalized spacial score (nSPS) is 14.6. The maximum Gasteiger partial charge on any atom is 0.227 e. The lowest BCUT2D eigenvalue weighted by molar-refractivity contribution is 0.216. The number of ether oxygens (including phenoxy) is 1. The minimum atomic E-state index is -0.313. The molecule has 0 amide bonds. The molecule has 3 heterocycles. The summed E-state index contributed by atoms with van der Waals surface area (Å²) in [5.41, 5.74) is 2.31. The number of rotatable bonds is 6. The van der Waals surface area contributed by atoms with E-state index in [1.54, 1.807) is 35.9 Å². The van der Waals surface area contributed by atoms with Crippen molar-refractivity contribution in [3.63, 3.8) is 0 Å². The first-order chi connectivity index (χ1) is 15.2. The van der Waals surface area contributed by atoms with Gasteiger partial charge in [-0.25, -0.2) is 19.3 Å². The highest BCUT2D eigenvalue weighted by Crippen LogP contribution is 2.35. The van der Waals surface area contributed by atoms with Crippen LogP contribution in [-0.4, -0.2) is 34.6 Å². The summed E-state index contributed by atoms with van der Waals surface area (Å²) >= 11 is 1.58. The molecule has 0 saturated carbocycles. The molecule has 4 aromatic rings. The van der Waals surface area contributed by atoms with Gasteiger partial charge in [0, 0.05) is 34.9 Å². The highest BCUT2D eigenvalue weighted by atomic mass is 32.1. The van der Waals surface area contributed by atoms with Gasteiger partial charge in [-0.2, -0.15) is 0 Å². The molecule has 2 N–H and O–H groups in total. The number of fused-ring (bicyclic) bond motifs is 1. The SMILES string of the molecule is Fc1cccc(Nc2ncc3cc(-c4nccs4)c(OCC4CCNCC4)cc3n2)c1. The molecule has 6 nitrogen and oxygen atoms in total. The maximum absolute atomic E-state index is 13.5. The maximum atomic E-state index is 13.5. The lowest BCUT2D eigenvalue weighted by atomic mass is 9.99. The molecule has 0 bridgehead atoms. The second kappa shape index (κ2) is 8.95. The molecule has 2 aromatic heterocycles. The van der Waals surface area contributed by atoms with Crippen molar-refractivity contribution in [1.82, 2.24) is 20.3 Å². The fourth-order valence-corrected chi connectivity index (χ4v) is 4.37. The van der Waals surface area contributed by atoms with Gasteiger partial charge >= 0.3 is 0 Å².